The summed E-state index contributed by atoms with van der Waals surface area (Å²) in [6.07, 6.45) is 0. The first kappa shape index (κ1) is 17.1. The summed E-state index contributed by atoms with van der Waals surface area (Å²) in [6, 6.07) is 8.58. The van der Waals surface area contributed by atoms with Crippen LogP contribution in [-0.2, 0) is 10.0 Å². The van der Waals surface area contributed by atoms with Gasteiger partial charge in [-0.25, -0.2) is 8.42 Å². The summed E-state index contributed by atoms with van der Waals surface area (Å²) in [4.78, 5) is 0. The highest BCUT2D eigenvalue weighted by molar-refractivity contribution is 7.94. The summed E-state index contributed by atoms with van der Waals surface area (Å²) >= 11 is 20.2. The van der Waals surface area contributed by atoms with Gasteiger partial charge in [-0.2, -0.15) is 0 Å². The maximum absolute atomic E-state index is 12.5. The van der Waals surface area contributed by atoms with E-state index < -0.39 is 10.0 Å². The van der Waals surface area contributed by atoms with Gasteiger partial charge >= 0.3 is 0 Å². The van der Waals surface area contributed by atoms with E-state index in [-0.39, 0.29) is 13.6 Å². The van der Waals surface area contributed by atoms with Crippen LogP contribution in [0.5, 0.6) is 0 Å². The normalized spacial score (nSPS) is 11.6. The van der Waals surface area contributed by atoms with Crippen LogP contribution in [-0.4, -0.2) is 8.42 Å². The predicted octanol–water partition coefficient (Wildman–Crippen LogP) is 6.24. The molecule has 0 amide bonds. The largest absolute Gasteiger partial charge is 0.277 e. The van der Waals surface area contributed by atoms with Gasteiger partial charge in [-0.3, -0.25) is 4.72 Å². The number of hydrogen-bond acceptors (Lipinski definition) is 4. The van der Waals surface area contributed by atoms with Crippen molar-refractivity contribution in [3.8, 4) is 11.1 Å². The lowest BCUT2D eigenvalue weighted by Crippen LogP contribution is -2.11. The molecule has 0 unspecified atom stereocenters. The van der Waals surface area contributed by atoms with Crippen molar-refractivity contribution < 1.29 is 8.42 Å². The molecule has 0 fully saturated rings. The molecule has 0 spiro atoms. The highest BCUT2D eigenvalue weighted by Crippen LogP contribution is 2.39. The molecule has 3 rings (SSSR count). The maximum Gasteiger partial charge on any atom is 0.271 e. The van der Waals surface area contributed by atoms with Crippen molar-refractivity contribution in [1.82, 2.24) is 0 Å². The van der Waals surface area contributed by atoms with Crippen LogP contribution in [0.1, 0.15) is 0 Å². The van der Waals surface area contributed by atoms with Crippen molar-refractivity contribution in [3.05, 3.63) is 55.5 Å². The first-order valence-electron chi connectivity index (χ1n) is 6.17. The van der Waals surface area contributed by atoms with Crippen molar-refractivity contribution >= 4 is 73.2 Å². The number of sulfonamides is 1. The fourth-order valence-electron chi connectivity index (χ4n) is 1.92. The van der Waals surface area contributed by atoms with E-state index in [1.54, 1.807) is 11.4 Å². The summed E-state index contributed by atoms with van der Waals surface area (Å²) in [6.45, 7) is 0. The van der Waals surface area contributed by atoms with Gasteiger partial charge in [-0.15, -0.1) is 22.7 Å². The summed E-state index contributed by atoms with van der Waals surface area (Å²) in [7, 11) is -3.77. The number of halogens is 3. The van der Waals surface area contributed by atoms with Crippen LogP contribution in [0.3, 0.4) is 0 Å². The molecule has 3 aromatic rings. The second-order valence-corrected chi connectivity index (χ2v) is 9.59. The van der Waals surface area contributed by atoms with Crippen LogP contribution in [0.25, 0.3) is 11.1 Å². The highest BCUT2D eigenvalue weighted by atomic mass is 35.5. The summed E-state index contributed by atoms with van der Waals surface area (Å²) in [5.74, 6) is 0. The Balaban J connectivity index is 1.99. The average molecular weight is 425 g/mol. The molecule has 0 aliphatic rings. The van der Waals surface area contributed by atoms with E-state index in [1.807, 2.05) is 23.6 Å². The van der Waals surface area contributed by atoms with E-state index in [4.69, 9.17) is 34.8 Å². The molecule has 120 valence electrons. The minimum atomic E-state index is -3.77. The average Bonchev–Trinajstić information content (AvgIpc) is 3.07. The van der Waals surface area contributed by atoms with Gasteiger partial charge in [0.2, 0.25) is 0 Å². The lowest BCUT2D eigenvalue weighted by atomic mass is 10.1. The Morgan fingerprint density at radius 1 is 0.957 bits per heavy atom. The maximum atomic E-state index is 12.5. The molecule has 0 saturated carbocycles. The Morgan fingerprint density at radius 3 is 2.35 bits per heavy atom. The van der Waals surface area contributed by atoms with Gasteiger partial charge in [0.25, 0.3) is 10.0 Å². The van der Waals surface area contributed by atoms with Crippen LogP contribution >= 0.6 is 57.5 Å². The zero-order valence-corrected chi connectivity index (χ0v) is 15.9. The van der Waals surface area contributed by atoms with E-state index in [0.29, 0.717) is 10.7 Å². The van der Waals surface area contributed by atoms with Crippen molar-refractivity contribution in [1.29, 1.82) is 0 Å². The molecule has 0 aliphatic carbocycles. The SMILES string of the molecule is O=S(=O)(Nc1cscc1-c1ccccc1Cl)c1cc(Cl)c(Cl)s1. The fourth-order valence-corrected chi connectivity index (χ4v) is 5.96. The number of rotatable bonds is 4. The Hall–Kier alpha value is -0.760. The first-order valence-corrected chi connectivity index (χ1v) is 10.5. The number of hydrogen-bond donors (Lipinski definition) is 1. The Kier molecular flexibility index (Phi) is 4.92. The van der Waals surface area contributed by atoms with Gasteiger partial charge in [-0.1, -0.05) is 53.0 Å². The lowest BCUT2D eigenvalue weighted by molar-refractivity contribution is 0.603. The van der Waals surface area contributed by atoms with Gasteiger partial charge in [0.1, 0.15) is 8.55 Å². The number of anilines is 1. The topological polar surface area (TPSA) is 46.2 Å². The van der Waals surface area contributed by atoms with Crippen molar-refractivity contribution in [2.24, 2.45) is 0 Å². The highest BCUT2D eigenvalue weighted by Gasteiger charge is 2.21. The standard InChI is InChI=1S/C14H8Cl3NO2S3/c15-10-4-2-1-3-8(10)9-6-21-7-12(9)18-23(19,20)13-5-11(16)14(17)22-13/h1-7,18H. The second kappa shape index (κ2) is 6.63. The van der Waals surface area contributed by atoms with Gasteiger partial charge in [0.05, 0.1) is 10.7 Å². The Labute approximate surface area is 156 Å². The lowest BCUT2D eigenvalue weighted by Gasteiger charge is -2.09. The minimum Gasteiger partial charge on any atom is -0.277 e. The van der Waals surface area contributed by atoms with E-state index in [0.717, 1.165) is 22.5 Å². The first-order chi connectivity index (χ1) is 10.9. The third-order valence-electron chi connectivity index (χ3n) is 2.96. The van der Waals surface area contributed by atoms with Crippen molar-refractivity contribution in [2.45, 2.75) is 4.21 Å². The van der Waals surface area contributed by atoms with Gasteiger partial charge in [-0.05, 0) is 12.1 Å². The number of benzene rings is 1. The third-order valence-corrected chi connectivity index (χ3v) is 7.74. The van der Waals surface area contributed by atoms with E-state index >= 15 is 0 Å². The number of thiophene rings is 2. The summed E-state index contributed by atoms with van der Waals surface area (Å²) in [5.41, 5.74) is 1.94. The van der Waals surface area contributed by atoms with Crippen LogP contribution in [0.4, 0.5) is 5.69 Å². The van der Waals surface area contributed by atoms with Gasteiger partial charge in [0.15, 0.2) is 0 Å². The molecule has 0 atom stereocenters. The molecule has 3 nitrogen and oxygen atoms in total. The summed E-state index contributed by atoms with van der Waals surface area (Å²) < 4.78 is 27.8. The predicted molar refractivity (Wildman–Crippen MR) is 99.9 cm³/mol. The Bertz CT molecular complexity index is 944. The second-order valence-electron chi connectivity index (χ2n) is 4.47. The molecular weight excluding hydrogens is 417 g/mol. The monoisotopic (exact) mass is 423 g/mol. The van der Waals surface area contributed by atoms with Gasteiger partial charge < -0.3 is 0 Å². The molecule has 0 saturated heterocycles. The zero-order valence-electron chi connectivity index (χ0n) is 11.2. The fraction of sp³-hybridized carbons (Fsp3) is 0. The quantitative estimate of drug-likeness (QED) is 0.539. The van der Waals surface area contributed by atoms with Crippen molar-refractivity contribution in [2.75, 3.05) is 4.72 Å². The van der Waals surface area contributed by atoms with Crippen LogP contribution in [0.2, 0.25) is 14.4 Å². The van der Waals surface area contributed by atoms with E-state index in [1.165, 1.54) is 17.4 Å². The molecule has 0 radical (unpaired) electrons. The molecule has 1 N–H and O–H groups in total. The van der Waals surface area contributed by atoms with Crippen LogP contribution in [0, 0.1) is 0 Å². The smallest absolute Gasteiger partial charge is 0.271 e. The molecule has 2 aromatic heterocycles. The zero-order chi connectivity index (χ0) is 16.6. The molecule has 0 aliphatic heterocycles. The Morgan fingerprint density at radius 2 is 1.70 bits per heavy atom. The van der Waals surface area contributed by atoms with Crippen molar-refractivity contribution in [3.63, 3.8) is 0 Å². The van der Waals surface area contributed by atoms with E-state index in [2.05, 4.69) is 4.72 Å². The molecule has 2 heterocycles. The van der Waals surface area contributed by atoms with E-state index in [9.17, 15) is 8.42 Å². The molecule has 23 heavy (non-hydrogen) atoms. The third kappa shape index (κ3) is 3.52. The molecule has 1 aromatic carbocycles. The summed E-state index contributed by atoms with van der Waals surface area (Å²) in [5, 5.41) is 4.32. The molecule has 0 bridgehead atoms. The van der Waals surface area contributed by atoms with Crippen LogP contribution < -0.4 is 4.72 Å². The molecular formula is C14H8Cl3NO2S3. The van der Waals surface area contributed by atoms with Crippen LogP contribution in [0.15, 0.2) is 45.3 Å². The molecule has 9 heteroatoms. The minimum absolute atomic E-state index is 0.0591. The van der Waals surface area contributed by atoms with Gasteiger partial charge in [0, 0.05) is 26.9 Å². The number of nitrogens with one attached hydrogen (secondary N) is 1.